The van der Waals surface area contributed by atoms with E-state index in [1.165, 1.54) is 70.8 Å². The Hall–Kier alpha value is -0.0800. The standard InChI is InChI=1S/C14H31N.C3H7O/c1-4-5-6-7-8-9-10-11-12-13-14-15(2)3;1-2-3-4/h4-14H2,1-3H3;4H,1-3H2. The van der Waals surface area contributed by atoms with Crippen molar-refractivity contribution in [2.24, 2.45) is 0 Å². The lowest BCUT2D eigenvalue weighted by atomic mass is 10.1. The third-order valence-electron chi connectivity index (χ3n) is 3.12. The maximum Gasteiger partial charge on any atom is 0.0431 e. The monoisotopic (exact) mass is 272 g/mol. The zero-order valence-corrected chi connectivity index (χ0v) is 13.8. The van der Waals surface area contributed by atoms with Gasteiger partial charge < -0.3 is 10.0 Å². The minimum absolute atomic E-state index is 0.208. The fourth-order valence-corrected chi connectivity index (χ4v) is 1.92. The van der Waals surface area contributed by atoms with Crippen molar-refractivity contribution in [2.75, 3.05) is 27.2 Å². The molecule has 0 aromatic heterocycles. The van der Waals surface area contributed by atoms with Gasteiger partial charge in [-0.15, -0.1) is 0 Å². The largest absolute Gasteiger partial charge is 0.396 e. The van der Waals surface area contributed by atoms with E-state index >= 15 is 0 Å². The first kappa shape index (κ1) is 21.2. The first-order valence-electron chi connectivity index (χ1n) is 8.23. The molecule has 0 bridgehead atoms. The average Bonchev–Trinajstić information content (AvgIpc) is 2.41. The Bertz CT molecular complexity index is 135. The van der Waals surface area contributed by atoms with Gasteiger partial charge in [0.1, 0.15) is 0 Å². The number of rotatable bonds is 12. The average molecular weight is 272 g/mol. The van der Waals surface area contributed by atoms with E-state index < -0.39 is 0 Å². The minimum Gasteiger partial charge on any atom is -0.396 e. The second kappa shape index (κ2) is 20.2. The van der Waals surface area contributed by atoms with Crippen molar-refractivity contribution in [1.82, 2.24) is 4.90 Å². The molecule has 2 heteroatoms. The molecular weight excluding hydrogens is 234 g/mol. The molecule has 0 aliphatic rings. The van der Waals surface area contributed by atoms with Crippen molar-refractivity contribution < 1.29 is 5.11 Å². The quantitative estimate of drug-likeness (QED) is 0.522. The Kier molecular flexibility index (Phi) is 22.6. The van der Waals surface area contributed by atoms with Crippen LogP contribution >= 0.6 is 0 Å². The summed E-state index contributed by atoms with van der Waals surface area (Å²) < 4.78 is 0. The van der Waals surface area contributed by atoms with Crippen LogP contribution in [-0.4, -0.2) is 37.3 Å². The van der Waals surface area contributed by atoms with E-state index in [2.05, 4.69) is 32.8 Å². The molecule has 117 valence electrons. The van der Waals surface area contributed by atoms with E-state index in [0.29, 0.717) is 6.42 Å². The van der Waals surface area contributed by atoms with Gasteiger partial charge in [-0.05, 0) is 33.5 Å². The Morgan fingerprint density at radius 3 is 1.47 bits per heavy atom. The molecule has 0 heterocycles. The number of unbranched alkanes of at least 4 members (excludes halogenated alkanes) is 9. The smallest absolute Gasteiger partial charge is 0.0431 e. The molecule has 0 spiro atoms. The summed E-state index contributed by atoms with van der Waals surface area (Å²) in [6.07, 6.45) is 15.0. The topological polar surface area (TPSA) is 23.5 Å². The lowest BCUT2D eigenvalue weighted by Gasteiger charge is -2.08. The summed E-state index contributed by atoms with van der Waals surface area (Å²) in [6, 6.07) is 0. The van der Waals surface area contributed by atoms with Crippen molar-refractivity contribution in [3.63, 3.8) is 0 Å². The molecule has 0 saturated carbocycles. The van der Waals surface area contributed by atoms with Crippen molar-refractivity contribution in [1.29, 1.82) is 0 Å². The van der Waals surface area contributed by atoms with Crippen molar-refractivity contribution in [3.8, 4) is 0 Å². The molecule has 1 radical (unpaired) electrons. The summed E-state index contributed by atoms with van der Waals surface area (Å²) in [6.45, 7) is 7.11. The fourth-order valence-electron chi connectivity index (χ4n) is 1.92. The van der Waals surface area contributed by atoms with Crippen LogP contribution in [0.1, 0.15) is 77.6 Å². The number of aliphatic hydroxyl groups excluding tert-OH is 1. The van der Waals surface area contributed by atoms with Crippen LogP contribution < -0.4 is 0 Å². The van der Waals surface area contributed by atoms with Gasteiger partial charge >= 0.3 is 0 Å². The molecule has 2 nitrogen and oxygen atoms in total. The van der Waals surface area contributed by atoms with Crippen molar-refractivity contribution in [2.45, 2.75) is 77.6 Å². The summed E-state index contributed by atoms with van der Waals surface area (Å²) in [5.74, 6) is 0. The normalized spacial score (nSPS) is 10.4. The van der Waals surface area contributed by atoms with Gasteiger partial charge in [0.2, 0.25) is 0 Å². The number of nitrogens with zero attached hydrogens (tertiary/aromatic N) is 1. The third-order valence-corrected chi connectivity index (χ3v) is 3.12. The summed E-state index contributed by atoms with van der Waals surface area (Å²) in [5, 5.41) is 7.81. The van der Waals surface area contributed by atoms with Crippen LogP contribution in [0.5, 0.6) is 0 Å². The Morgan fingerprint density at radius 2 is 1.16 bits per heavy atom. The highest BCUT2D eigenvalue weighted by Crippen LogP contribution is 2.10. The van der Waals surface area contributed by atoms with Crippen LogP contribution in [0, 0.1) is 6.92 Å². The van der Waals surface area contributed by atoms with Gasteiger partial charge in [0.05, 0.1) is 0 Å². The van der Waals surface area contributed by atoms with Gasteiger partial charge in [-0.2, -0.15) is 0 Å². The van der Waals surface area contributed by atoms with Gasteiger partial charge in [-0.25, -0.2) is 0 Å². The van der Waals surface area contributed by atoms with Crippen LogP contribution in [0.3, 0.4) is 0 Å². The van der Waals surface area contributed by atoms with Crippen LogP contribution in [0.4, 0.5) is 0 Å². The van der Waals surface area contributed by atoms with E-state index in [1.54, 1.807) is 0 Å². The molecule has 0 aromatic rings. The second-order valence-electron chi connectivity index (χ2n) is 5.56. The first-order valence-corrected chi connectivity index (χ1v) is 8.23. The molecule has 0 aliphatic heterocycles. The van der Waals surface area contributed by atoms with E-state index in [1.807, 2.05) is 0 Å². The Labute approximate surface area is 122 Å². The molecule has 1 N–H and O–H groups in total. The van der Waals surface area contributed by atoms with Crippen molar-refractivity contribution >= 4 is 0 Å². The Balaban J connectivity index is 0. The predicted octanol–water partition coefficient (Wildman–Crippen LogP) is 4.67. The lowest BCUT2D eigenvalue weighted by Crippen LogP contribution is -2.12. The highest BCUT2D eigenvalue weighted by Gasteiger charge is 1.93. The van der Waals surface area contributed by atoms with Gasteiger partial charge in [0.15, 0.2) is 0 Å². The van der Waals surface area contributed by atoms with Gasteiger partial charge in [0, 0.05) is 6.61 Å². The molecule has 0 rings (SSSR count). The van der Waals surface area contributed by atoms with Crippen LogP contribution in [0.15, 0.2) is 0 Å². The SMILES string of the molecule is CCCCCCCCCCCCN(C)C.[CH2]CCO. The predicted molar refractivity (Wildman–Crippen MR) is 87.5 cm³/mol. The van der Waals surface area contributed by atoms with Crippen LogP contribution in [0.25, 0.3) is 0 Å². The van der Waals surface area contributed by atoms with E-state index in [-0.39, 0.29) is 6.61 Å². The van der Waals surface area contributed by atoms with Crippen LogP contribution in [0.2, 0.25) is 0 Å². The summed E-state index contributed by atoms with van der Waals surface area (Å²) in [5.41, 5.74) is 0. The van der Waals surface area contributed by atoms with Gasteiger partial charge in [-0.3, -0.25) is 0 Å². The highest BCUT2D eigenvalue weighted by molar-refractivity contribution is 4.49. The zero-order chi connectivity index (χ0) is 14.8. The van der Waals surface area contributed by atoms with E-state index in [0.717, 1.165) is 0 Å². The second-order valence-corrected chi connectivity index (χ2v) is 5.56. The van der Waals surface area contributed by atoms with E-state index in [4.69, 9.17) is 5.11 Å². The highest BCUT2D eigenvalue weighted by atomic mass is 16.2. The molecule has 0 saturated heterocycles. The minimum atomic E-state index is 0.208. The molecule has 0 aromatic carbocycles. The molecule has 0 aliphatic carbocycles. The maximum atomic E-state index is 7.81. The Morgan fingerprint density at radius 1 is 0.789 bits per heavy atom. The van der Waals surface area contributed by atoms with E-state index in [9.17, 15) is 0 Å². The summed E-state index contributed by atoms with van der Waals surface area (Å²) in [7, 11) is 4.32. The van der Waals surface area contributed by atoms with Crippen LogP contribution in [-0.2, 0) is 0 Å². The zero-order valence-electron chi connectivity index (χ0n) is 13.8. The number of hydrogen-bond donors (Lipinski definition) is 1. The first-order chi connectivity index (χ1) is 9.18. The number of aliphatic hydroxyl groups is 1. The summed E-state index contributed by atoms with van der Waals surface area (Å²) >= 11 is 0. The fraction of sp³-hybridized carbons (Fsp3) is 0.941. The maximum absolute atomic E-state index is 7.81. The van der Waals surface area contributed by atoms with Gasteiger partial charge in [-0.1, -0.05) is 71.6 Å². The van der Waals surface area contributed by atoms with Crippen molar-refractivity contribution in [3.05, 3.63) is 6.92 Å². The molecule has 0 amide bonds. The van der Waals surface area contributed by atoms with Gasteiger partial charge in [0.25, 0.3) is 0 Å². The molecule has 0 atom stereocenters. The molecular formula is C17H38NO. The molecule has 0 fully saturated rings. The summed E-state index contributed by atoms with van der Waals surface area (Å²) in [4.78, 5) is 2.28. The molecule has 0 unspecified atom stereocenters. The lowest BCUT2D eigenvalue weighted by molar-refractivity contribution is 0.302. The molecule has 19 heavy (non-hydrogen) atoms. The third kappa shape index (κ3) is 27.2. The number of hydrogen-bond acceptors (Lipinski definition) is 2.